The molecule has 1 atom stereocenters. The highest BCUT2D eigenvalue weighted by Gasteiger charge is 2.18. The number of ether oxygens (including phenoxy) is 1. The van der Waals surface area contributed by atoms with Gasteiger partial charge in [-0.05, 0) is 24.1 Å². The lowest BCUT2D eigenvalue weighted by Gasteiger charge is -2.26. The third-order valence-corrected chi connectivity index (χ3v) is 6.51. The molecule has 0 bridgehead atoms. The lowest BCUT2D eigenvalue weighted by Crippen LogP contribution is -2.38. The van der Waals surface area contributed by atoms with Crippen LogP contribution in [0.4, 0.5) is 0 Å². The molecule has 2 heterocycles. The molecule has 8 heteroatoms. The molecule has 2 aromatic heterocycles. The molecule has 0 aliphatic rings. The number of halogens is 1. The van der Waals surface area contributed by atoms with Gasteiger partial charge in [-0.2, -0.15) is 0 Å². The summed E-state index contributed by atoms with van der Waals surface area (Å²) in [6, 6.07) is 16.9. The molecule has 0 spiro atoms. The summed E-state index contributed by atoms with van der Waals surface area (Å²) in [7, 11) is 0. The first-order valence-corrected chi connectivity index (χ1v) is 12.5. The molecule has 4 aromatic rings. The van der Waals surface area contributed by atoms with Gasteiger partial charge in [-0.1, -0.05) is 61.8 Å². The number of aromatic amines is 1. The number of hydrogen-bond donors (Lipinski definition) is 2. The predicted octanol–water partition coefficient (Wildman–Crippen LogP) is 5.20. The summed E-state index contributed by atoms with van der Waals surface area (Å²) in [5.74, 6) is 1.67. The predicted molar refractivity (Wildman–Crippen MR) is 139 cm³/mol. The van der Waals surface area contributed by atoms with Crippen molar-refractivity contribution in [2.45, 2.75) is 26.5 Å². The molecule has 2 N–H and O–H groups in total. The van der Waals surface area contributed by atoms with Gasteiger partial charge < -0.3 is 14.8 Å². The van der Waals surface area contributed by atoms with Gasteiger partial charge in [-0.3, -0.25) is 9.69 Å². The van der Waals surface area contributed by atoms with Crippen molar-refractivity contribution in [1.29, 1.82) is 0 Å². The molecule has 34 heavy (non-hydrogen) atoms. The van der Waals surface area contributed by atoms with Crippen molar-refractivity contribution in [3.8, 4) is 16.9 Å². The van der Waals surface area contributed by atoms with E-state index in [1.54, 1.807) is 0 Å². The second-order valence-corrected chi connectivity index (χ2v) is 9.95. The normalized spacial score (nSPS) is 12.5. The molecule has 0 aliphatic heterocycles. The van der Waals surface area contributed by atoms with Crippen molar-refractivity contribution in [3.63, 3.8) is 0 Å². The zero-order chi connectivity index (χ0) is 24.1. The van der Waals surface area contributed by atoms with Crippen molar-refractivity contribution < 1.29 is 9.84 Å². The van der Waals surface area contributed by atoms with Crippen molar-refractivity contribution in [1.82, 2.24) is 14.9 Å². The fourth-order valence-corrected chi connectivity index (χ4v) is 5.13. The minimum absolute atomic E-state index is 0.186. The Morgan fingerprint density at radius 3 is 2.56 bits per heavy atom. The molecule has 0 saturated carbocycles. The van der Waals surface area contributed by atoms with Crippen LogP contribution in [0.3, 0.4) is 0 Å². The van der Waals surface area contributed by atoms with Crippen LogP contribution in [0.15, 0.2) is 64.8 Å². The van der Waals surface area contributed by atoms with Gasteiger partial charge >= 0.3 is 0 Å². The van der Waals surface area contributed by atoms with Crippen LogP contribution < -0.4 is 10.3 Å². The standard InChI is InChI=1S/C26H28ClN3O3S/c1-17(2)12-30(13-18(31)15-33-19-8-4-3-5-9-19)14-23-28-25(32)24-21(16-34-26(24)29-23)20-10-6-7-11-22(20)27/h3-11,16-18,31H,12-15H2,1-2H3,(H,28,29,32)/t18-/m0/s1. The van der Waals surface area contributed by atoms with Crippen LogP contribution in [-0.2, 0) is 6.54 Å². The van der Waals surface area contributed by atoms with Gasteiger partial charge in [0, 0.05) is 34.6 Å². The van der Waals surface area contributed by atoms with E-state index in [1.165, 1.54) is 11.3 Å². The Bertz CT molecular complexity index is 1290. The zero-order valence-corrected chi connectivity index (χ0v) is 20.8. The fourth-order valence-electron chi connectivity index (χ4n) is 3.94. The number of fused-ring (bicyclic) bond motifs is 1. The first kappa shape index (κ1) is 24.4. The summed E-state index contributed by atoms with van der Waals surface area (Å²) in [6.45, 7) is 6.00. The van der Waals surface area contributed by atoms with Crippen LogP contribution in [-0.4, -0.2) is 45.8 Å². The maximum Gasteiger partial charge on any atom is 0.260 e. The number of aliphatic hydroxyl groups excluding tert-OH is 1. The second kappa shape index (κ2) is 11.1. The summed E-state index contributed by atoms with van der Waals surface area (Å²) in [4.78, 5) is 23.5. The first-order valence-electron chi connectivity index (χ1n) is 11.2. The van der Waals surface area contributed by atoms with E-state index in [0.29, 0.717) is 40.1 Å². The number of para-hydroxylation sites is 1. The Kier molecular flexibility index (Phi) is 8.00. The maximum atomic E-state index is 13.0. The Balaban J connectivity index is 1.51. The van der Waals surface area contributed by atoms with Crippen LogP contribution in [0.2, 0.25) is 5.02 Å². The summed E-state index contributed by atoms with van der Waals surface area (Å²) >= 11 is 7.79. The lowest BCUT2D eigenvalue weighted by molar-refractivity contribution is 0.0606. The summed E-state index contributed by atoms with van der Waals surface area (Å²) in [6.07, 6.45) is -0.678. The molecule has 6 nitrogen and oxygen atoms in total. The van der Waals surface area contributed by atoms with Gasteiger partial charge in [-0.25, -0.2) is 4.98 Å². The SMILES string of the molecule is CC(C)CN(Cc1nc2scc(-c3ccccc3Cl)c2c(=O)[nH]1)C[C@H](O)COc1ccccc1. The molecule has 2 aromatic carbocycles. The number of hydrogen-bond acceptors (Lipinski definition) is 6. The summed E-state index contributed by atoms with van der Waals surface area (Å²) in [5.41, 5.74) is 1.42. The van der Waals surface area contributed by atoms with Crippen LogP contribution >= 0.6 is 22.9 Å². The van der Waals surface area contributed by atoms with E-state index < -0.39 is 6.10 Å². The number of nitrogens with one attached hydrogen (secondary N) is 1. The molecule has 0 aliphatic carbocycles. The Labute approximate surface area is 207 Å². The molecule has 0 radical (unpaired) electrons. The van der Waals surface area contributed by atoms with Gasteiger partial charge in [-0.15, -0.1) is 11.3 Å². The van der Waals surface area contributed by atoms with Crippen LogP contribution in [0, 0.1) is 5.92 Å². The van der Waals surface area contributed by atoms with E-state index in [1.807, 2.05) is 60.0 Å². The van der Waals surface area contributed by atoms with Gasteiger partial charge in [0.15, 0.2) is 0 Å². The largest absolute Gasteiger partial charge is 0.491 e. The minimum Gasteiger partial charge on any atom is -0.491 e. The van der Waals surface area contributed by atoms with E-state index in [0.717, 1.165) is 23.4 Å². The van der Waals surface area contributed by atoms with E-state index in [9.17, 15) is 9.90 Å². The number of aliphatic hydroxyl groups is 1. The Morgan fingerprint density at radius 1 is 1.09 bits per heavy atom. The van der Waals surface area contributed by atoms with Crippen LogP contribution in [0.5, 0.6) is 5.75 Å². The van der Waals surface area contributed by atoms with Crippen LogP contribution in [0.25, 0.3) is 21.3 Å². The highest BCUT2D eigenvalue weighted by Crippen LogP contribution is 2.34. The van der Waals surface area contributed by atoms with Gasteiger partial charge in [0.25, 0.3) is 5.56 Å². The third kappa shape index (κ3) is 6.04. The molecule has 0 amide bonds. The number of H-pyrrole nitrogens is 1. The number of rotatable bonds is 10. The first-order chi connectivity index (χ1) is 16.4. The van der Waals surface area contributed by atoms with E-state index in [-0.39, 0.29) is 12.2 Å². The smallest absolute Gasteiger partial charge is 0.260 e. The molecule has 0 saturated heterocycles. The Hall–Kier alpha value is -2.71. The van der Waals surface area contributed by atoms with E-state index in [4.69, 9.17) is 21.3 Å². The fraction of sp³-hybridized carbons (Fsp3) is 0.308. The van der Waals surface area contributed by atoms with Crippen molar-refractivity contribution in [2.24, 2.45) is 5.92 Å². The maximum absolute atomic E-state index is 13.0. The van der Waals surface area contributed by atoms with Gasteiger partial charge in [0.2, 0.25) is 0 Å². The highest BCUT2D eigenvalue weighted by molar-refractivity contribution is 7.17. The molecular formula is C26H28ClN3O3S. The van der Waals surface area contributed by atoms with Crippen LogP contribution in [0.1, 0.15) is 19.7 Å². The van der Waals surface area contributed by atoms with Gasteiger partial charge in [0.05, 0.1) is 11.9 Å². The number of aromatic nitrogens is 2. The molecular weight excluding hydrogens is 470 g/mol. The molecule has 0 fully saturated rings. The van der Waals surface area contributed by atoms with Gasteiger partial charge in [0.1, 0.15) is 29.1 Å². The molecule has 178 valence electrons. The average molecular weight is 498 g/mol. The number of nitrogens with zero attached hydrogens (tertiary/aromatic N) is 2. The second-order valence-electron chi connectivity index (χ2n) is 8.69. The monoisotopic (exact) mass is 497 g/mol. The lowest BCUT2D eigenvalue weighted by atomic mass is 10.1. The molecule has 4 rings (SSSR count). The van der Waals surface area contributed by atoms with E-state index >= 15 is 0 Å². The van der Waals surface area contributed by atoms with E-state index in [2.05, 4.69) is 23.7 Å². The van der Waals surface area contributed by atoms with Crippen molar-refractivity contribution in [2.75, 3.05) is 19.7 Å². The minimum atomic E-state index is -0.678. The zero-order valence-electron chi connectivity index (χ0n) is 19.2. The molecule has 0 unspecified atom stereocenters. The van der Waals surface area contributed by atoms with Crippen molar-refractivity contribution >= 4 is 33.2 Å². The number of thiophene rings is 1. The quantitative estimate of drug-likeness (QED) is 0.315. The number of benzene rings is 2. The average Bonchev–Trinajstić information content (AvgIpc) is 3.22. The van der Waals surface area contributed by atoms with Crippen molar-refractivity contribution in [3.05, 3.63) is 81.2 Å². The third-order valence-electron chi connectivity index (χ3n) is 5.31. The Morgan fingerprint density at radius 2 is 1.82 bits per heavy atom. The highest BCUT2D eigenvalue weighted by atomic mass is 35.5. The summed E-state index contributed by atoms with van der Waals surface area (Å²) < 4.78 is 5.70. The summed E-state index contributed by atoms with van der Waals surface area (Å²) in [5, 5.41) is 13.7. The topological polar surface area (TPSA) is 78.5 Å².